The van der Waals surface area contributed by atoms with Gasteiger partial charge in [0.25, 0.3) is 11.5 Å². The van der Waals surface area contributed by atoms with Crippen LogP contribution in [-0.2, 0) is 16.1 Å². The number of carbonyl (C=O) groups excluding carboxylic acids is 1. The number of para-hydroxylation sites is 2. The second-order valence-corrected chi connectivity index (χ2v) is 15.4. The number of carboxylic acid groups (broad SMARTS) is 1. The molecule has 0 bridgehead atoms. The molecule has 14 heteroatoms. The van der Waals surface area contributed by atoms with Crippen molar-refractivity contribution >= 4 is 87.6 Å². The summed E-state index contributed by atoms with van der Waals surface area (Å²) in [6.07, 6.45) is 8.74. The maximum Gasteiger partial charge on any atom is 0.303 e. The van der Waals surface area contributed by atoms with Crippen molar-refractivity contribution in [1.29, 1.82) is 0 Å². The lowest BCUT2D eigenvalue weighted by Gasteiger charge is -2.20. The lowest BCUT2D eigenvalue weighted by Crippen LogP contribution is -2.38. The molecule has 2 aliphatic heterocycles. The highest BCUT2D eigenvalue weighted by atomic mass is 32.2. The number of fused-ring (bicyclic) bond motifs is 1. The molecule has 3 heterocycles. The maximum absolute atomic E-state index is 14.8. The number of carbonyl (C=O) groups is 2. The Morgan fingerprint density at radius 2 is 1.54 bits per heavy atom. The Morgan fingerprint density at radius 3 is 2.21 bits per heavy atom. The fraction of sp³-hybridized carbons (Fsp3) is 0.263. The summed E-state index contributed by atoms with van der Waals surface area (Å²) in [5, 5.41) is 10.7. The molecule has 0 unspecified atom stereocenters. The molecule has 1 N–H and O–H groups in total. The molecule has 1 amide bonds. The van der Waals surface area contributed by atoms with Gasteiger partial charge in [0.15, 0.2) is 16.3 Å². The molecule has 9 nitrogen and oxygen atoms in total. The van der Waals surface area contributed by atoms with Crippen LogP contribution in [0, 0.1) is 5.82 Å². The number of allylic oxidation sites excluding steroid dienone is 1. The molecular weight excluding hydrogens is 738 g/mol. The molecule has 3 aromatic carbocycles. The van der Waals surface area contributed by atoms with E-state index in [-0.39, 0.29) is 23.7 Å². The summed E-state index contributed by atoms with van der Waals surface area (Å²) in [4.78, 5) is 46.8. The second kappa shape index (κ2) is 17.1. The quantitative estimate of drug-likeness (QED) is 0.127. The van der Waals surface area contributed by atoms with Crippen molar-refractivity contribution < 1.29 is 19.1 Å². The molecule has 52 heavy (non-hydrogen) atoms. The van der Waals surface area contributed by atoms with Gasteiger partial charge in [-0.25, -0.2) is 4.39 Å². The van der Waals surface area contributed by atoms with Crippen LogP contribution in [0.25, 0.3) is 17.5 Å². The SMILES string of the molecule is CSCCN1C(=S)N(c2ccccc2)C(=O)/C1=c1\n(-c2ccccc2)c(=O)/c(=C/C=C2/Sc3ccc(F)cc3N2CCCCC(=O)O)n1CCSC. The summed E-state index contributed by atoms with van der Waals surface area (Å²) in [6, 6.07) is 23.2. The molecule has 6 rings (SSSR count). The minimum absolute atomic E-state index is 0.0452. The molecule has 1 fully saturated rings. The molecule has 4 aromatic rings. The first-order valence-corrected chi connectivity index (χ1v) is 20.7. The number of aromatic nitrogens is 2. The molecule has 270 valence electrons. The Morgan fingerprint density at radius 1 is 0.865 bits per heavy atom. The van der Waals surface area contributed by atoms with Gasteiger partial charge in [-0.1, -0.05) is 48.2 Å². The van der Waals surface area contributed by atoms with E-state index in [9.17, 15) is 18.8 Å². The third-order valence-corrected chi connectivity index (χ3v) is 11.4. The van der Waals surface area contributed by atoms with Crippen molar-refractivity contribution in [2.75, 3.05) is 46.9 Å². The normalized spacial score (nSPS) is 16.5. The monoisotopic (exact) mass is 775 g/mol. The number of hydrogen-bond acceptors (Lipinski definition) is 8. The van der Waals surface area contributed by atoms with Gasteiger partial charge >= 0.3 is 5.97 Å². The minimum Gasteiger partial charge on any atom is -0.481 e. The van der Waals surface area contributed by atoms with Gasteiger partial charge in [-0.2, -0.15) is 23.5 Å². The van der Waals surface area contributed by atoms with Gasteiger partial charge in [0.2, 0.25) is 0 Å². The molecule has 0 aliphatic carbocycles. The van der Waals surface area contributed by atoms with E-state index in [4.69, 9.17) is 17.3 Å². The number of hydrogen-bond donors (Lipinski definition) is 1. The molecule has 1 aromatic heterocycles. The fourth-order valence-electron chi connectivity index (χ4n) is 6.24. The van der Waals surface area contributed by atoms with E-state index in [1.165, 1.54) is 28.8 Å². The van der Waals surface area contributed by atoms with Crippen molar-refractivity contribution in [3.05, 3.63) is 117 Å². The highest BCUT2D eigenvalue weighted by Crippen LogP contribution is 2.46. The number of anilines is 2. The van der Waals surface area contributed by atoms with Gasteiger partial charge in [-0.05, 0) is 92.2 Å². The van der Waals surface area contributed by atoms with Crippen LogP contribution in [0.3, 0.4) is 0 Å². The van der Waals surface area contributed by atoms with Gasteiger partial charge < -0.3 is 19.5 Å². The zero-order valence-corrected chi connectivity index (χ0v) is 32.0. The van der Waals surface area contributed by atoms with E-state index in [2.05, 4.69) is 0 Å². The minimum atomic E-state index is -0.860. The Kier molecular flexibility index (Phi) is 12.3. The van der Waals surface area contributed by atoms with Crippen LogP contribution in [-0.4, -0.2) is 73.2 Å². The molecule has 2 aliphatic rings. The fourth-order valence-corrected chi connectivity index (χ4v) is 8.41. The topological polar surface area (TPSA) is 91.0 Å². The number of halogens is 1. The summed E-state index contributed by atoms with van der Waals surface area (Å²) < 4.78 is 18.0. The van der Waals surface area contributed by atoms with Gasteiger partial charge in [0.1, 0.15) is 11.2 Å². The first-order chi connectivity index (χ1) is 25.2. The summed E-state index contributed by atoms with van der Waals surface area (Å²) in [5.74, 6) is -0.172. The lowest BCUT2D eigenvalue weighted by molar-refractivity contribution is -0.137. The van der Waals surface area contributed by atoms with E-state index in [0.29, 0.717) is 82.7 Å². The number of carboxylic acids is 1. The van der Waals surface area contributed by atoms with Gasteiger partial charge in [0.05, 0.1) is 22.1 Å². The van der Waals surface area contributed by atoms with Crippen LogP contribution in [0.1, 0.15) is 19.3 Å². The number of rotatable bonds is 14. The maximum atomic E-state index is 14.8. The highest BCUT2D eigenvalue weighted by Gasteiger charge is 2.41. The molecular formula is C38H38FN5O4S4. The molecule has 0 saturated carbocycles. The number of unbranched alkanes of at least 4 members (excludes halogenated alkanes) is 1. The zero-order valence-electron chi connectivity index (χ0n) is 28.7. The Hall–Kier alpha value is -4.24. The molecule has 0 spiro atoms. The number of thiocarbonyl (C=S) groups is 1. The first-order valence-electron chi connectivity index (χ1n) is 16.7. The Labute approximate surface area is 319 Å². The van der Waals surface area contributed by atoms with Gasteiger partial charge in [0, 0.05) is 42.5 Å². The smallest absolute Gasteiger partial charge is 0.303 e. The third-order valence-electron chi connectivity index (χ3n) is 8.66. The summed E-state index contributed by atoms with van der Waals surface area (Å²) in [6.45, 7) is 1.38. The lowest BCUT2D eigenvalue weighted by atomic mass is 10.2. The van der Waals surface area contributed by atoms with Crippen molar-refractivity contribution in [3.8, 4) is 5.69 Å². The third kappa shape index (κ3) is 7.75. The predicted molar refractivity (Wildman–Crippen MR) is 216 cm³/mol. The van der Waals surface area contributed by atoms with Crippen molar-refractivity contribution in [1.82, 2.24) is 14.0 Å². The Balaban J connectivity index is 1.60. The first kappa shape index (κ1) is 37.5. The second-order valence-electron chi connectivity index (χ2n) is 12.0. The van der Waals surface area contributed by atoms with E-state index < -0.39 is 5.97 Å². The average molecular weight is 776 g/mol. The van der Waals surface area contributed by atoms with Crippen molar-refractivity contribution in [2.24, 2.45) is 0 Å². The largest absolute Gasteiger partial charge is 0.481 e. The number of benzene rings is 3. The highest BCUT2D eigenvalue weighted by molar-refractivity contribution is 8.03. The number of thioether (sulfide) groups is 3. The van der Waals surface area contributed by atoms with Gasteiger partial charge in [-0.3, -0.25) is 23.9 Å². The van der Waals surface area contributed by atoms with Crippen LogP contribution < -0.4 is 26.2 Å². The van der Waals surface area contributed by atoms with Crippen LogP contribution in [0.2, 0.25) is 0 Å². The average Bonchev–Trinajstić information content (AvgIpc) is 3.71. The van der Waals surface area contributed by atoms with Crippen LogP contribution >= 0.6 is 47.5 Å². The number of aliphatic carboxylic acids is 1. The van der Waals surface area contributed by atoms with Crippen LogP contribution in [0.15, 0.2) is 99.7 Å². The van der Waals surface area contributed by atoms with E-state index >= 15 is 0 Å². The summed E-state index contributed by atoms with van der Waals surface area (Å²) in [5.41, 5.74) is 2.43. The standard InChI is InChI=1S/C38H38FN5O4S4/c1-50-23-21-41-29(17-19-32-40(20-10-9-15-33(45)46)30-25-26(39)16-18-31(30)52-32)36(47)43(27-11-5-3-6-12-27)35(41)34-37(48)44(28-13-7-4-8-14-28)38(49)42(34)22-24-51-2/h3-8,11-14,16-19,25H,9-10,15,20-24H2,1-2H3,(H,45,46)/b29-17-,32-19+,35-34+. The summed E-state index contributed by atoms with van der Waals surface area (Å²) in [7, 11) is 0. The zero-order chi connectivity index (χ0) is 36.8. The number of imidazole rings is 1. The van der Waals surface area contributed by atoms with Crippen LogP contribution in [0.4, 0.5) is 15.8 Å². The van der Waals surface area contributed by atoms with Gasteiger partial charge in [-0.15, -0.1) is 0 Å². The number of nitrogens with zero attached hydrogens (tertiary/aromatic N) is 5. The molecule has 0 atom stereocenters. The van der Waals surface area contributed by atoms with Crippen LogP contribution in [0.5, 0.6) is 0 Å². The predicted octanol–water partition coefficient (Wildman–Crippen LogP) is 5.74. The number of amides is 1. The molecule has 1 saturated heterocycles. The summed E-state index contributed by atoms with van der Waals surface area (Å²) >= 11 is 10.7. The van der Waals surface area contributed by atoms with E-state index in [0.717, 1.165) is 9.92 Å². The van der Waals surface area contributed by atoms with Crippen molar-refractivity contribution in [2.45, 2.75) is 30.7 Å². The van der Waals surface area contributed by atoms with E-state index in [1.54, 1.807) is 40.2 Å². The molecule has 0 radical (unpaired) electrons. The van der Waals surface area contributed by atoms with Crippen molar-refractivity contribution in [3.63, 3.8) is 0 Å². The Bertz CT molecular complexity index is 2190. The van der Waals surface area contributed by atoms with E-state index in [1.807, 2.05) is 93.6 Å².